The molecule has 0 aliphatic carbocycles. The topological polar surface area (TPSA) is 116 Å². The number of ether oxygens (including phenoxy) is 1. The van der Waals surface area contributed by atoms with Gasteiger partial charge in [0.05, 0.1) is 17.9 Å². The van der Waals surface area contributed by atoms with E-state index in [-0.39, 0.29) is 24.0 Å². The molecule has 152 valence electrons. The number of rotatable bonds is 6. The summed E-state index contributed by atoms with van der Waals surface area (Å²) in [6, 6.07) is 13.5. The maximum atomic E-state index is 12.7. The summed E-state index contributed by atoms with van der Waals surface area (Å²) in [5.74, 6) is -1.35. The lowest BCUT2D eigenvalue weighted by Crippen LogP contribution is -2.35. The van der Waals surface area contributed by atoms with Crippen LogP contribution in [-0.2, 0) is 9.53 Å². The highest BCUT2D eigenvalue weighted by Crippen LogP contribution is 2.23. The Morgan fingerprint density at radius 3 is 2.67 bits per heavy atom. The summed E-state index contributed by atoms with van der Waals surface area (Å²) >= 11 is 6.04. The smallest absolute Gasteiger partial charge is 0.359 e. The van der Waals surface area contributed by atoms with Crippen LogP contribution in [-0.4, -0.2) is 35.2 Å². The molecule has 0 atom stereocenters. The second-order valence-corrected chi connectivity index (χ2v) is 6.82. The van der Waals surface area contributed by atoms with Crippen molar-refractivity contribution < 1.29 is 14.3 Å². The van der Waals surface area contributed by atoms with E-state index in [1.807, 2.05) is 6.07 Å². The summed E-state index contributed by atoms with van der Waals surface area (Å²) in [6.45, 7) is 1.38. The predicted molar refractivity (Wildman–Crippen MR) is 111 cm³/mol. The van der Waals surface area contributed by atoms with Gasteiger partial charge >= 0.3 is 5.97 Å². The van der Waals surface area contributed by atoms with Crippen LogP contribution in [0.3, 0.4) is 0 Å². The molecule has 1 amide bonds. The van der Waals surface area contributed by atoms with E-state index in [0.29, 0.717) is 16.1 Å². The molecule has 0 unspecified atom stereocenters. The normalized spacial score (nSPS) is 10.4. The van der Waals surface area contributed by atoms with Gasteiger partial charge in [-0.15, -0.1) is 0 Å². The lowest BCUT2D eigenvalue weighted by molar-refractivity contribution is -0.121. The number of hydrogen-bond acceptors (Lipinski definition) is 6. The molecule has 0 fully saturated rings. The van der Waals surface area contributed by atoms with Gasteiger partial charge in [-0.25, -0.2) is 9.89 Å². The molecule has 0 saturated heterocycles. The zero-order chi connectivity index (χ0) is 21.7. The monoisotopic (exact) mass is 424 g/mol. The molecule has 30 heavy (non-hydrogen) atoms. The van der Waals surface area contributed by atoms with Gasteiger partial charge in [-0.3, -0.25) is 9.59 Å². The Labute approximate surface area is 176 Å². The standard InChI is InChI=1S/C21H17ClN4O4/c1-13-11-14(7-8-17(13)22)26(10-4-9-23)18(27)12-30-21(29)19-15-5-2-3-6-16(15)20(28)25-24-19/h2-3,5-8,11H,4,10,12H2,1H3,(H,25,28). The Morgan fingerprint density at radius 2 is 1.97 bits per heavy atom. The first-order valence-electron chi connectivity index (χ1n) is 9.00. The molecule has 0 saturated carbocycles. The van der Waals surface area contributed by atoms with Crippen LogP contribution in [0.2, 0.25) is 5.02 Å². The SMILES string of the molecule is Cc1cc(N(CCC#N)C(=O)COC(=O)c2n[nH]c(=O)c3ccccc23)ccc1Cl. The van der Waals surface area contributed by atoms with Crippen molar-refractivity contribution in [3.8, 4) is 6.07 Å². The van der Waals surface area contributed by atoms with Crippen molar-refractivity contribution in [1.29, 1.82) is 5.26 Å². The number of aromatic amines is 1. The summed E-state index contributed by atoms with van der Waals surface area (Å²) < 4.78 is 5.15. The molecule has 0 radical (unpaired) electrons. The minimum atomic E-state index is -0.844. The van der Waals surface area contributed by atoms with E-state index in [9.17, 15) is 14.4 Å². The molecule has 0 aliphatic rings. The zero-order valence-corrected chi connectivity index (χ0v) is 16.8. The fourth-order valence-corrected chi connectivity index (χ4v) is 3.02. The van der Waals surface area contributed by atoms with Crippen LogP contribution in [0.25, 0.3) is 10.8 Å². The Balaban J connectivity index is 1.79. The second kappa shape index (κ2) is 9.20. The molecule has 9 heteroatoms. The van der Waals surface area contributed by atoms with Crippen molar-refractivity contribution in [3.05, 3.63) is 69.1 Å². The van der Waals surface area contributed by atoms with Crippen LogP contribution >= 0.6 is 11.6 Å². The predicted octanol–water partition coefficient (Wildman–Crippen LogP) is 2.99. The van der Waals surface area contributed by atoms with E-state index in [1.165, 1.54) is 4.90 Å². The third-order valence-electron chi connectivity index (χ3n) is 4.42. The summed E-state index contributed by atoms with van der Waals surface area (Å²) in [6.07, 6.45) is 0.105. The number of fused-ring (bicyclic) bond motifs is 1. The number of benzene rings is 2. The van der Waals surface area contributed by atoms with E-state index in [4.69, 9.17) is 21.6 Å². The number of anilines is 1. The molecule has 0 bridgehead atoms. The molecule has 1 N–H and O–H groups in total. The van der Waals surface area contributed by atoms with E-state index in [0.717, 1.165) is 5.56 Å². The van der Waals surface area contributed by atoms with Gasteiger partial charge in [-0.1, -0.05) is 29.8 Å². The van der Waals surface area contributed by atoms with Crippen LogP contribution in [0.5, 0.6) is 0 Å². The van der Waals surface area contributed by atoms with Crippen molar-refractivity contribution in [2.45, 2.75) is 13.3 Å². The van der Waals surface area contributed by atoms with Crippen LogP contribution in [0.4, 0.5) is 5.69 Å². The van der Waals surface area contributed by atoms with Gasteiger partial charge in [0.25, 0.3) is 11.5 Å². The molecule has 8 nitrogen and oxygen atoms in total. The highest BCUT2D eigenvalue weighted by Gasteiger charge is 2.21. The molecule has 3 rings (SSSR count). The molecular weight excluding hydrogens is 408 g/mol. The Bertz CT molecular complexity index is 1220. The number of aromatic nitrogens is 2. The first-order valence-corrected chi connectivity index (χ1v) is 9.38. The molecule has 0 aliphatic heterocycles. The Morgan fingerprint density at radius 1 is 1.23 bits per heavy atom. The minimum absolute atomic E-state index is 0.0936. The number of halogens is 1. The van der Waals surface area contributed by atoms with Gasteiger partial charge in [0.1, 0.15) is 0 Å². The average molecular weight is 425 g/mol. The van der Waals surface area contributed by atoms with E-state index in [2.05, 4.69) is 10.2 Å². The maximum absolute atomic E-state index is 12.7. The van der Waals surface area contributed by atoms with Gasteiger partial charge in [-0.05, 0) is 36.8 Å². The number of aryl methyl sites for hydroxylation is 1. The minimum Gasteiger partial charge on any atom is -0.451 e. The van der Waals surface area contributed by atoms with Crippen molar-refractivity contribution in [3.63, 3.8) is 0 Å². The highest BCUT2D eigenvalue weighted by atomic mass is 35.5. The van der Waals surface area contributed by atoms with Crippen molar-refractivity contribution >= 4 is 39.9 Å². The highest BCUT2D eigenvalue weighted by molar-refractivity contribution is 6.31. The Kier molecular flexibility index (Phi) is 6.45. The first-order chi connectivity index (χ1) is 14.4. The van der Waals surface area contributed by atoms with Crippen molar-refractivity contribution in [2.75, 3.05) is 18.1 Å². The summed E-state index contributed by atoms with van der Waals surface area (Å²) in [4.78, 5) is 38.4. The number of H-pyrrole nitrogens is 1. The lowest BCUT2D eigenvalue weighted by atomic mass is 10.1. The number of nitrogens with zero attached hydrogens (tertiary/aromatic N) is 3. The van der Waals surface area contributed by atoms with Gasteiger partial charge in [-0.2, -0.15) is 10.4 Å². The number of nitrogens with one attached hydrogen (secondary N) is 1. The van der Waals surface area contributed by atoms with Crippen LogP contribution in [0.1, 0.15) is 22.5 Å². The number of nitriles is 1. The third-order valence-corrected chi connectivity index (χ3v) is 4.84. The summed E-state index contributed by atoms with van der Waals surface area (Å²) in [5.41, 5.74) is 0.786. The van der Waals surface area contributed by atoms with E-state index < -0.39 is 24.0 Å². The largest absolute Gasteiger partial charge is 0.451 e. The molecule has 1 aromatic heterocycles. The zero-order valence-electron chi connectivity index (χ0n) is 16.0. The Hall–Kier alpha value is -3.70. The van der Waals surface area contributed by atoms with Crippen LogP contribution < -0.4 is 10.5 Å². The van der Waals surface area contributed by atoms with Gasteiger partial charge < -0.3 is 9.64 Å². The summed E-state index contributed by atoms with van der Waals surface area (Å²) in [5, 5.41) is 16.1. The number of esters is 1. The molecule has 1 heterocycles. The lowest BCUT2D eigenvalue weighted by Gasteiger charge is -2.22. The quantitative estimate of drug-likeness (QED) is 0.608. The first kappa shape index (κ1) is 21.0. The molecule has 0 spiro atoms. The van der Waals surface area contributed by atoms with Gasteiger partial charge in [0.2, 0.25) is 0 Å². The number of amides is 1. The molecule has 3 aromatic rings. The van der Waals surface area contributed by atoms with Crippen LogP contribution in [0.15, 0.2) is 47.3 Å². The fraction of sp³-hybridized carbons (Fsp3) is 0.190. The van der Waals surface area contributed by atoms with Gasteiger partial charge in [0.15, 0.2) is 12.3 Å². The van der Waals surface area contributed by atoms with Gasteiger partial charge in [0, 0.05) is 22.6 Å². The van der Waals surface area contributed by atoms with E-state index >= 15 is 0 Å². The van der Waals surface area contributed by atoms with E-state index in [1.54, 1.807) is 49.4 Å². The fourth-order valence-electron chi connectivity index (χ4n) is 2.90. The molecular formula is C21H17ClN4O4. The van der Waals surface area contributed by atoms with Crippen molar-refractivity contribution in [2.24, 2.45) is 0 Å². The average Bonchev–Trinajstić information content (AvgIpc) is 2.75. The number of hydrogen-bond donors (Lipinski definition) is 1. The van der Waals surface area contributed by atoms with Crippen LogP contribution in [0, 0.1) is 18.3 Å². The summed E-state index contributed by atoms with van der Waals surface area (Å²) in [7, 11) is 0. The number of carbonyl (C=O) groups is 2. The molecule has 2 aromatic carbocycles. The maximum Gasteiger partial charge on any atom is 0.359 e. The third kappa shape index (κ3) is 4.47. The number of carbonyl (C=O) groups excluding carboxylic acids is 2. The second-order valence-electron chi connectivity index (χ2n) is 6.41. The van der Waals surface area contributed by atoms with Crippen molar-refractivity contribution in [1.82, 2.24) is 10.2 Å².